The molecule has 22 heteroatoms. The summed E-state index contributed by atoms with van der Waals surface area (Å²) in [5, 5.41) is -7.06. The molecule has 0 N–H and O–H groups in total. The second-order valence-corrected chi connectivity index (χ2v) is 7.47. The van der Waals surface area contributed by atoms with Gasteiger partial charge in [-0.15, -0.1) is 0 Å². The number of carbonyl (C=O) groups excluding carboxylic acids is 1. The van der Waals surface area contributed by atoms with E-state index in [1.54, 1.807) is 0 Å². The first-order chi connectivity index (χ1) is 14.1. The van der Waals surface area contributed by atoms with Gasteiger partial charge in [-0.2, -0.15) is 65.5 Å². The summed E-state index contributed by atoms with van der Waals surface area (Å²) in [7, 11) is -7.67. The average molecular weight is 548 g/mol. The molecule has 1 rings (SSSR count). The molecule has 2 atom stereocenters. The van der Waals surface area contributed by atoms with Gasteiger partial charge in [0.1, 0.15) is 6.61 Å². The average Bonchev–Trinajstić information content (AvgIpc) is 2.79. The first-order valence-electron chi connectivity index (χ1n) is 7.28. The van der Waals surface area contributed by atoms with Crippen LogP contribution in [0, 0.1) is 0 Å². The molecule has 1 saturated heterocycles. The fraction of sp³-hybridized carbons (Fsp3) is 0.909. The number of halogens is 14. The van der Waals surface area contributed by atoms with Crippen LogP contribution in [0.5, 0.6) is 0 Å². The van der Waals surface area contributed by atoms with Crippen molar-refractivity contribution in [3.63, 3.8) is 0 Å². The second kappa shape index (κ2) is 7.93. The summed E-state index contributed by atoms with van der Waals surface area (Å²) in [5.41, 5.74) is 0. The SMILES string of the molecule is CC1(COC(=O)C(F)(F)C(F)(F)F)OC(C(F)(F)OC(F)(F)C(F)(F)S(=O)(=O)F)C(F)(F)O1. The Hall–Kier alpha value is -1.68. The summed E-state index contributed by atoms with van der Waals surface area (Å²) in [4.78, 5) is 10.8. The molecule has 0 radical (unpaired) electrons. The molecule has 0 aromatic rings. The number of hydrogen-bond donors (Lipinski definition) is 0. The predicted molar refractivity (Wildman–Crippen MR) is 67.2 cm³/mol. The van der Waals surface area contributed by atoms with Gasteiger partial charge < -0.3 is 9.47 Å². The van der Waals surface area contributed by atoms with Gasteiger partial charge in [0.15, 0.2) is 0 Å². The van der Waals surface area contributed by atoms with E-state index in [4.69, 9.17) is 0 Å². The Morgan fingerprint density at radius 1 is 0.970 bits per heavy atom. The van der Waals surface area contributed by atoms with Crippen LogP contribution in [0.15, 0.2) is 0 Å². The van der Waals surface area contributed by atoms with E-state index in [0.29, 0.717) is 0 Å². The summed E-state index contributed by atoms with van der Waals surface area (Å²) >= 11 is 0. The summed E-state index contributed by atoms with van der Waals surface area (Å²) < 4.78 is 213. The van der Waals surface area contributed by atoms with Gasteiger partial charge in [0, 0.05) is 0 Å². The molecule has 0 bridgehead atoms. The fourth-order valence-corrected chi connectivity index (χ4v) is 2.17. The third kappa shape index (κ3) is 5.53. The smallest absolute Gasteiger partial charge is 0.455 e. The second-order valence-electron chi connectivity index (χ2n) is 6.08. The highest BCUT2D eigenvalue weighted by atomic mass is 32.3. The monoisotopic (exact) mass is 548 g/mol. The maximum Gasteiger partial charge on any atom is 0.465 e. The molecule has 0 saturated carbocycles. The Labute approximate surface area is 171 Å². The molecule has 0 amide bonds. The van der Waals surface area contributed by atoms with Crippen LogP contribution < -0.4 is 0 Å². The van der Waals surface area contributed by atoms with E-state index in [2.05, 4.69) is 18.9 Å². The van der Waals surface area contributed by atoms with E-state index >= 15 is 0 Å². The van der Waals surface area contributed by atoms with Crippen molar-refractivity contribution in [2.45, 2.75) is 54.5 Å². The zero-order valence-corrected chi connectivity index (χ0v) is 15.7. The highest BCUT2D eigenvalue weighted by Gasteiger charge is 2.76. The molecular weight excluding hydrogens is 542 g/mol. The molecule has 33 heavy (non-hydrogen) atoms. The van der Waals surface area contributed by atoms with Crippen LogP contribution in [0.2, 0.25) is 0 Å². The lowest BCUT2D eigenvalue weighted by Crippen LogP contribution is -2.56. The fourth-order valence-electron chi connectivity index (χ4n) is 1.84. The minimum absolute atomic E-state index is 0.00870. The van der Waals surface area contributed by atoms with Gasteiger partial charge in [0.2, 0.25) is 11.9 Å². The van der Waals surface area contributed by atoms with Gasteiger partial charge in [-0.3, -0.25) is 4.74 Å². The third-order valence-electron chi connectivity index (χ3n) is 3.32. The standard InChI is InChI=1S/C11H6F14O7S/c1-5(2-29-4(26)6(12,13)9(18,19)20)30-3(7(14,15)31-5)8(16,17)32-10(21,22)11(23,24)33(25,27)28/h3H,2H2,1H3. The molecule has 1 aliphatic heterocycles. The lowest BCUT2D eigenvalue weighted by Gasteiger charge is -2.30. The topological polar surface area (TPSA) is 88.1 Å². The van der Waals surface area contributed by atoms with Crippen LogP contribution in [0.25, 0.3) is 0 Å². The van der Waals surface area contributed by atoms with E-state index in [1.807, 2.05) is 0 Å². The van der Waals surface area contributed by atoms with Crippen molar-refractivity contribution in [2.75, 3.05) is 6.61 Å². The molecule has 0 aromatic heterocycles. The largest absolute Gasteiger partial charge is 0.465 e. The highest BCUT2D eigenvalue weighted by Crippen LogP contribution is 2.50. The van der Waals surface area contributed by atoms with Crippen LogP contribution in [-0.4, -0.2) is 68.6 Å². The number of carbonyl (C=O) groups is 1. The molecule has 2 unspecified atom stereocenters. The summed E-state index contributed by atoms with van der Waals surface area (Å²) in [6.45, 7) is -2.25. The van der Waals surface area contributed by atoms with Gasteiger partial charge >= 0.3 is 51.9 Å². The van der Waals surface area contributed by atoms with Gasteiger partial charge in [-0.25, -0.2) is 9.53 Å². The Morgan fingerprint density at radius 2 is 1.42 bits per heavy atom. The molecule has 1 fully saturated rings. The summed E-state index contributed by atoms with van der Waals surface area (Å²) in [5.74, 6) is -13.3. The highest BCUT2D eigenvalue weighted by molar-refractivity contribution is 7.87. The van der Waals surface area contributed by atoms with E-state index in [9.17, 15) is 74.2 Å². The number of rotatable bonds is 8. The summed E-state index contributed by atoms with van der Waals surface area (Å²) in [6, 6.07) is 0. The zero-order chi connectivity index (χ0) is 26.7. The Bertz CT molecular complexity index is 869. The van der Waals surface area contributed by atoms with Gasteiger partial charge in [0.05, 0.1) is 0 Å². The quantitative estimate of drug-likeness (QED) is 0.261. The Kier molecular flexibility index (Phi) is 7.06. The Morgan fingerprint density at radius 3 is 1.82 bits per heavy atom. The van der Waals surface area contributed by atoms with Crippen LogP contribution in [0.3, 0.4) is 0 Å². The van der Waals surface area contributed by atoms with E-state index in [0.717, 1.165) is 0 Å². The number of hydrogen-bond acceptors (Lipinski definition) is 7. The number of alkyl halides is 13. The van der Waals surface area contributed by atoms with Crippen molar-refractivity contribution < 1.29 is 93.1 Å². The third-order valence-corrected chi connectivity index (χ3v) is 4.17. The van der Waals surface area contributed by atoms with Crippen molar-refractivity contribution in [2.24, 2.45) is 0 Å². The molecule has 1 aliphatic rings. The van der Waals surface area contributed by atoms with E-state index in [-0.39, 0.29) is 6.92 Å². The first kappa shape index (κ1) is 29.4. The molecule has 1 heterocycles. The maximum absolute atomic E-state index is 13.7. The molecule has 196 valence electrons. The predicted octanol–water partition coefficient (Wildman–Crippen LogP) is 3.55. The lowest BCUT2D eigenvalue weighted by molar-refractivity contribution is -0.444. The molecule has 7 nitrogen and oxygen atoms in total. The van der Waals surface area contributed by atoms with Crippen molar-refractivity contribution >= 4 is 16.2 Å². The Balaban J connectivity index is 3.12. The molecule has 0 aliphatic carbocycles. The van der Waals surface area contributed by atoms with Gasteiger partial charge in [-0.05, 0) is 6.92 Å². The zero-order valence-electron chi connectivity index (χ0n) is 14.8. The van der Waals surface area contributed by atoms with Crippen molar-refractivity contribution in [3.05, 3.63) is 0 Å². The number of ether oxygens (including phenoxy) is 4. The van der Waals surface area contributed by atoms with Crippen LogP contribution >= 0.6 is 0 Å². The van der Waals surface area contributed by atoms with Crippen LogP contribution in [0.4, 0.5) is 61.0 Å². The maximum atomic E-state index is 13.7. The van der Waals surface area contributed by atoms with Crippen molar-refractivity contribution in [1.82, 2.24) is 0 Å². The van der Waals surface area contributed by atoms with E-state index < -0.39 is 70.4 Å². The van der Waals surface area contributed by atoms with Crippen LogP contribution in [0.1, 0.15) is 6.92 Å². The van der Waals surface area contributed by atoms with Gasteiger partial charge in [0.25, 0.3) is 0 Å². The van der Waals surface area contributed by atoms with Crippen molar-refractivity contribution in [1.29, 1.82) is 0 Å². The first-order valence-corrected chi connectivity index (χ1v) is 8.67. The molecular formula is C11H6F14O7S. The van der Waals surface area contributed by atoms with Crippen molar-refractivity contribution in [3.8, 4) is 0 Å². The van der Waals surface area contributed by atoms with Crippen LogP contribution in [-0.2, 0) is 34.0 Å². The lowest BCUT2D eigenvalue weighted by atomic mass is 10.3. The number of esters is 1. The van der Waals surface area contributed by atoms with Gasteiger partial charge in [-0.1, -0.05) is 3.89 Å². The summed E-state index contributed by atoms with van der Waals surface area (Å²) in [6.07, 6.45) is -30.2. The minimum atomic E-state index is -7.67. The van der Waals surface area contributed by atoms with E-state index in [1.165, 1.54) is 0 Å². The normalized spacial score (nSPS) is 25.2. The molecule has 0 spiro atoms. The molecule has 0 aromatic carbocycles. The minimum Gasteiger partial charge on any atom is -0.455 e.